The Morgan fingerprint density at radius 1 is 1.00 bits per heavy atom. The minimum Gasteiger partial charge on any atom is -0.485 e. The fraction of sp³-hybridized carbons (Fsp3) is 0.111. The summed E-state index contributed by atoms with van der Waals surface area (Å²) < 4.78 is 11.4. The summed E-state index contributed by atoms with van der Waals surface area (Å²) in [7, 11) is 0. The summed E-state index contributed by atoms with van der Waals surface area (Å²) in [6, 6.07) is 8.15. The van der Waals surface area contributed by atoms with Gasteiger partial charge in [0.2, 0.25) is 0 Å². The summed E-state index contributed by atoms with van der Waals surface area (Å²) >= 11 is 4.91. The van der Waals surface area contributed by atoms with Gasteiger partial charge in [-0.15, -0.1) is 34.0 Å². The zero-order valence-electron chi connectivity index (χ0n) is 12.7. The molecule has 0 atom stereocenters. The summed E-state index contributed by atoms with van der Waals surface area (Å²) in [5, 5.41) is 22.7. The molecule has 3 aromatic rings. The number of nitriles is 2. The van der Waals surface area contributed by atoms with Gasteiger partial charge in [-0.25, -0.2) is 0 Å². The Hall–Kier alpha value is -2.58. The number of thiophene rings is 3. The van der Waals surface area contributed by atoms with Crippen LogP contribution in [0.4, 0.5) is 0 Å². The molecule has 0 saturated carbocycles. The number of rotatable bonds is 1. The van der Waals surface area contributed by atoms with E-state index in [-0.39, 0.29) is 5.57 Å². The Morgan fingerprint density at radius 2 is 1.84 bits per heavy atom. The molecule has 0 N–H and O–H groups in total. The topological polar surface area (TPSA) is 66.0 Å². The van der Waals surface area contributed by atoms with Gasteiger partial charge in [-0.1, -0.05) is 0 Å². The van der Waals surface area contributed by atoms with Crippen LogP contribution in [0.1, 0.15) is 11.1 Å². The third kappa shape index (κ3) is 2.01. The highest BCUT2D eigenvalue weighted by atomic mass is 32.1. The van der Waals surface area contributed by atoms with Crippen molar-refractivity contribution < 1.29 is 9.47 Å². The lowest BCUT2D eigenvalue weighted by Crippen LogP contribution is -2.14. The zero-order valence-corrected chi connectivity index (χ0v) is 15.1. The zero-order chi connectivity index (χ0) is 17.0. The largest absolute Gasteiger partial charge is 0.485 e. The van der Waals surface area contributed by atoms with Gasteiger partial charge in [0.15, 0.2) is 11.5 Å². The van der Waals surface area contributed by atoms with Gasteiger partial charge in [0.25, 0.3) is 0 Å². The Labute approximate surface area is 155 Å². The average Bonchev–Trinajstić information content (AvgIpc) is 3.37. The summed E-state index contributed by atoms with van der Waals surface area (Å²) in [4.78, 5) is 4.37. The molecule has 1 aliphatic heterocycles. The number of ether oxygens (including phenoxy) is 2. The molecule has 0 spiro atoms. The Balaban J connectivity index is 1.73. The first-order chi connectivity index (χ1) is 12.3. The average molecular weight is 380 g/mol. The Bertz CT molecular complexity index is 1120. The van der Waals surface area contributed by atoms with Crippen molar-refractivity contribution in [3.63, 3.8) is 0 Å². The molecule has 0 radical (unpaired) electrons. The van der Waals surface area contributed by atoms with Crippen molar-refractivity contribution in [2.75, 3.05) is 13.2 Å². The molecule has 0 aromatic carbocycles. The highest BCUT2D eigenvalue weighted by molar-refractivity contribution is 7.26. The monoisotopic (exact) mass is 380 g/mol. The van der Waals surface area contributed by atoms with E-state index in [2.05, 4.69) is 6.07 Å². The molecule has 4 nitrogen and oxygen atoms in total. The lowest BCUT2D eigenvalue weighted by atomic mass is 10.0. The van der Waals surface area contributed by atoms with Crippen LogP contribution in [0.2, 0.25) is 0 Å². The quantitative estimate of drug-likeness (QED) is 0.429. The van der Waals surface area contributed by atoms with Gasteiger partial charge in [-0.2, -0.15) is 10.5 Å². The van der Waals surface area contributed by atoms with Gasteiger partial charge >= 0.3 is 0 Å². The predicted octanol–water partition coefficient (Wildman–Crippen LogP) is 5.14. The first-order valence-corrected chi connectivity index (χ1v) is 10.0. The van der Waals surface area contributed by atoms with Crippen LogP contribution < -0.4 is 9.47 Å². The minimum absolute atomic E-state index is 0.163. The standard InChI is InChI=1S/C18H8N2O2S3/c19-6-9(7-20)14-10-1-4-23-16(10)17-11(14)5-13(25-17)18-15-12(8-24-18)21-2-3-22-15/h1,4-5,8H,2-3H2. The van der Waals surface area contributed by atoms with Gasteiger partial charge in [0.1, 0.15) is 30.9 Å². The SMILES string of the molecule is N#CC(C#N)=C1c2ccsc2-c2sc(-c3scc4c3OCCO4)cc21. The molecular weight excluding hydrogens is 372 g/mol. The molecule has 0 saturated heterocycles. The van der Waals surface area contributed by atoms with Gasteiger partial charge in [-0.05, 0) is 17.5 Å². The summed E-state index contributed by atoms with van der Waals surface area (Å²) in [5.41, 5.74) is 2.87. The van der Waals surface area contributed by atoms with Crippen LogP contribution in [-0.4, -0.2) is 13.2 Å². The second-order valence-electron chi connectivity index (χ2n) is 5.45. The van der Waals surface area contributed by atoms with Crippen molar-refractivity contribution in [2.45, 2.75) is 0 Å². The first kappa shape index (κ1) is 14.7. The van der Waals surface area contributed by atoms with E-state index in [0.29, 0.717) is 13.2 Å². The van der Waals surface area contributed by atoms with Crippen LogP contribution >= 0.6 is 34.0 Å². The van der Waals surface area contributed by atoms with E-state index >= 15 is 0 Å². The molecule has 120 valence electrons. The van der Waals surface area contributed by atoms with E-state index in [9.17, 15) is 10.5 Å². The molecule has 0 fully saturated rings. The van der Waals surface area contributed by atoms with Crippen LogP contribution in [0, 0.1) is 22.7 Å². The molecule has 0 unspecified atom stereocenters. The summed E-state index contributed by atoms with van der Waals surface area (Å²) in [6.45, 7) is 1.12. The van der Waals surface area contributed by atoms with E-state index in [1.165, 1.54) is 0 Å². The summed E-state index contributed by atoms with van der Waals surface area (Å²) in [5.74, 6) is 1.59. The van der Waals surface area contributed by atoms with Gasteiger partial charge < -0.3 is 9.47 Å². The van der Waals surface area contributed by atoms with E-state index in [4.69, 9.17) is 9.47 Å². The maximum Gasteiger partial charge on any atom is 0.180 e. The van der Waals surface area contributed by atoms with E-state index in [1.807, 2.05) is 29.0 Å². The lowest BCUT2D eigenvalue weighted by molar-refractivity contribution is 0.174. The first-order valence-electron chi connectivity index (χ1n) is 7.46. The smallest absolute Gasteiger partial charge is 0.180 e. The van der Waals surface area contributed by atoms with Crippen LogP contribution in [0.5, 0.6) is 11.5 Å². The van der Waals surface area contributed by atoms with E-state index < -0.39 is 0 Å². The highest BCUT2D eigenvalue weighted by Gasteiger charge is 2.32. The fourth-order valence-electron chi connectivity index (χ4n) is 3.12. The van der Waals surface area contributed by atoms with Crippen LogP contribution in [-0.2, 0) is 0 Å². The molecule has 4 heterocycles. The number of nitrogens with zero attached hydrogens (tertiary/aromatic N) is 2. The predicted molar refractivity (Wildman–Crippen MR) is 99.2 cm³/mol. The lowest BCUT2D eigenvalue weighted by Gasteiger charge is -2.15. The van der Waals surface area contributed by atoms with Crippen molar-refractivity contribution in [1.82, 2.24) is 0 Å². The molecule has 2 aliphatic rings. The van der Waals surface area contributed by atoms with Crippen LogP contribution in [0.25, 0.3) is 25.1 Å². The molecule has 0 amide bonds. The molecule has 5 rings (SSSR count). The van der Waals surface area contributed by atoms with Gasteiger partial charge in [-0.3, -0.25) is 0 Å². The van der Waals surface area contributed by atoms with Crippen molar-refractivity contribution in [3.8, 4) is 43.1 Å². The highest BCUT2D eigenvalue weighted by Crippen LogP contribution is 2.56. The van der Waals surface area contributed by atoms with Crippen molar-refractivity contribution >= 4 is 39.6 Å². The Kier molecular flexibility index (Phi) is 3.22. The summed E-state index contributed by atoms with van der Waals surface area (Å²) in [6.07, 6.45) is 0. The molecule has 3 aromatic heterocycles. The van der Waals surface area contributed by atoms with Crippen molar-refractivity contribution in [1.29, 1.82) is 10.5 Å². The van der Waals surface area contributed by atoms with Crippen molar-refractivity contribution in [2.24, 2.45) is 0 Å². The second-order valence-corrected chi connectivity index (χ2v) is 8.29. The second kappa shape index (κ2) is 5.47. The minimum atomic E-state index is 0.163. The molecule has 1 aliphatic carbocycles. The molecule has 7 heteroatoms. The normalized spacial score (nSPS) is 13.8. The maximum atomic E-state index is 9.37. The third-order valence-electron chi connectivity index (χ3n) is 4.14. The molecule has 25 heavy (non-hydrogen) atoms. The number of hydrogen-bond donors (Lipinski definition) is 0. The third-order valence-corrected chi connectivity index (χ3v) is 7.47. The van der Waals surface area contributed by atoms with Gasteiger partial charge in [0.05, 0.1) is 14.6 Å². The van der Waals surface area contributed by atoms with E-state index in [1.54, 1.807) is 34.0 Å². The number of allylic oxidation sites excluding steroid dienone is 1. The molecule has 0 bridgehead atoms. The molecular formula is C18H8N2O2S3. The van der Waals surface area contributed by atoms with Gasteiger partial charge in [0, 0.05) is 27.0 Å². The van der Waals surface area contributed by atoms with E-state index in [0.717, 1.165) is 47.7 Å². The van der Waals surface area contributed by atoms with Crippen LogP contribution in [0.15, 0.2) is 28.5 Å². The number of fused-ring (bicyclic) bond motifs is 4. The van der Waals surface area contributed by atoms with Crippen molar-refractivity contribution in [3.05, 3.63) is 39.6 Å². The van der Waals surface area contributed by atoms with Crippen LogP contribution in [0.3, 0.4) is 0 Å². The fourth-order valence-corrected chi connectivity index (χ4v) is 6.41. The maximum absolute atomic E-state index is 9.37. The number of hydrogen-bond acceptors (Lipinski definition) is 7. The Morgan fingerprint density at radius 3 is 2.68 bits per heavy atom.